The van der Waals surface area contributed by atoms with Crippen LogP contribution in [0.5, 0.6) is 0 Å². The molecule has 8 heteroatoms. The third-order valence-electron chi connectivity index (χ3n) is 6.66. The summed E-state index contributed by atoms with van der Waals surface area (Å²) in [4.78, 5) is 17.7. The fraction of sp³-hybridized carbons (Fsp3) is 0.522. The summed E-state index contributed by atoms with van der Waals surface area (Å²) in [6.07, 6.45) is 8.98. The number of hydrogen-bond acceptors (Lipinski definition) is 5. The van der Waals surface area contributed by atoms with Crippen LogP contribution in [-0.2, 0) is 30.7 Å². The van der Waals surface area contributed by atoms with Gasteiger partial charge in [-0.1, -0.05) is 0 Å². The Balaban J connectivity index is 1.43. The van der Waals surface area contributed by atoms with Crippen LogP contribution in [0.25, 0.3) is 11.0 Å². The molecule has 8 nitrogen and oxygen atoms in total. The molecule has 2 aromatic heterocycles. The number of carbonyl (C=O) groups excluding carboxylic acids is 1. The maximum Gasteiger partial charge on any atom is 0.240 e. The van der Waals surface area contributed by atoms with Gasteiger partial charge in [0.05, 0.1) is 16.6 Å². The number of imidazole rings is 1. The van der Waals surface area contributed by atoms with Crippen molar-refractivity contribution in [2.45, 2.75) is 70.2 Å². The molecule has 1 fully saturated rings. The smallest absolute Gasteiger partial charge is 0.240 e. The fourth-order valence-electron chi connectivity index (χ4n) is 4.62. The molecule has 1 amide bonds. The minimum Gasteiger partial charge on any atom is -0.388 e. The third-order valence-corrected chi connectivity index (χ3v) is 6.66. The van der Waals surface area contributed by atoms with Gasteiger partial charge in [-0.15, -0.1) is 0 Å². The topological polar surface area (TPSA) is 97.0 Å². The number of benzene rings is 1. The Morgan fingerprint density at radius 1 is 1.39 bits per heavy atom. The molecular formula is C23H30N6O2. The van der Waals surface area contributed by atoms with E-state index in [1.54, 1.807) is 6.20 Å². The van der Waals surface area contributed by atoms with Crippen LogP contribution in [0.4, 0.5) is 5.69 Å². The molecule has 0 radical (unpaired) electrons. The summed E-state index contributed by atoms with van der Waals surface area (Å²) in [5.74, 6) is 0.791. The molecular weight excluding hydrogens is 392 g/mol. The van der Waals surface area contributed by atoms with Gasteiger partial charge in [-0.3, -0.25) is 9.48 Å². The number of aliphatic hydroxyl groups is 1. The highest BCUT2D eigenvalue weighted by atomic mass is 16.3. The number of fused-ring (bicyclic) bond motifs is 3. The Kier molecular flexibility index (Phi) is 5.17. The quantitative estimate of drug-likeness (QED) is 0.543. The summed E-state index contributed by atoms with van der Waals surface area (Å²) < 4.78 is 3.91. The average molecular weight is 423 g/mol. The maximum atomic E-state index is 12.8. The largest absolute Gasteiger partial charge is 0.388 e. The van der Waals surface area contributed by atoms with Gasteiger partial charge >= 0.3 is 0 Å². The molecule has 1 aromatic carbocycles. The van der Waals surface area contributed by atoms with Crippen LogP contribution in [0.1, 0.15) is 44.0 Å². The maximum absolute atomic E-state index is 12.8. The number of nitrogens with zero attached hydrogens (tertiary/aromatic N) is 4. The van der Waals surface area contributed by atoms with Gasteiger partial charge < -0.3 is 20.3 Å². The van der Waals surface area contributed by atoms with Gasteiger partial charge in [0.1, 0.15) is 12.4 Å². The van der Waals surface area contributed by atoms with E-state index >= 15 is 0 Å². The predicted octanol–water partition coefficient (Wildman–Crippen LogP) is 2.25. The van der Waals surface area contributed by atoms with Crippen molar-refractivity contribution in [2.75, 3.05) is 11.9 Å². The summed E-state index contributed by atoms with van der Waals surface area (Å²) >= 11 is 0. The number of aryl methyl sites for hydroxylation is 3. The van der Waals surface area contributed by atoms with Crippen LogP contribution in [-0.4, -0.2) is 48.5 Å². The zero-order valence-corrected chi connectivity index (χ0v) is 18.0. The molecule has 164 valence electrons. The monoisotopic (exact) mass is 422 g/mol. The van der Waals surface area contributed by atoms with Crippen LogP contribution >= 0.6 is 0 Å². The van der Waals surface area contributed by atoms with Gasteiger partial charge in [0, 0.05) is 49.2 Å². The molecule has 1 aliphatic carbocycles. The Morgan fingerprint density at radius 3 is 3.00 bits per heavy atom. The normalized spacial score (nSPS) is 19.5. The lowest BCUT2D eigenvalue weighted by Crippen LogP contribution is -2.48. The number of anilines is 1. The van der Waals surface area contributed by atoms with E-state index < -0.39 is 5.60 Å². The Morgan fingerprint density at radius 2 is 2.26 bits per heavy atom. The van der Waals surface area contributed by atoms with Crippen molar-refractivity contribution in [3.63, 3.8) is 0 Å². The van der Waals surface area contributed by atoms with Crippen LogP contribution in [0, 0.1) is 0 Å². The molecule has 0 bridgehead atoms. The lowest BCUT2D eigenvalue weighted by Gasteiger charge is -2.36. The van der Waals surface area contributed by atoms with Crippen molar-refractivity contribution in [3.05, 3.63) is 42.0 Å². The standard InChI is InChI=1S/C23H30N6O2/c1-16-4-5-17-18(26-16)6-7-19-22(17)27-20(8-13-28-12-3-11-25-28)29(19)14-21(30)24-15-23(31)9-2-10-23/h3,6-7,11-12,16,26,31H,2,4-5,8-10,13-15H2,1H3,(H,24,30)/t16-/m0/s1. The molecule has 1 aliphatic heterocycles. The predicted molar refractivity (Wildman–Crippen MR) is 119 cm³/mol. The van der Waals surface area contributed by atoms with E-state index in [2.05, 4.69) is 34.8 Å². The number of amides is 1. The molecule has 1 saturated carbocycles. The third kappa shape index (κ3) is 4.04. The summed E-state index contributed by atoms with van der Waals surface area (Å²) in [5, 5.41) is 21.1. The molecule has 3 heterocycles. The van der Waals surface area contributed by atoms with E-state index in [9.17, 15) is 9.90 Å². The van der Waals surface area contributed by atoms with E-state index in [-0.39, 0.29) is 12.5 Å². The van der Waals surface area contributed by atoms with Crippen LogP contribution in [0.15, 0.2) is 30.6 Å². The number of hydrogen-bond donors (Lipinski definition) is 3. The van der Waals surface area contributed by atoms with Crippen LogP contribution < -0.4 is 10.6 Å². The first-order valence-electron chi connectivity index (χ1n) is 11.2. The van der Waals surface area contributed by atoms with Gasteiger partial charge in [0.25, 0.3) is 0 Å². The lowest BCUT2D eigenvalue weighted by atomic mass is 9.80. The zero-order valence-electron chi connectivity index (χ0n) is 18.0. The molecule has 3 aromatic rings. The van der Waals surface area contributed by atoms with E-state index in [1.165, 1.54) is 5.56 Å². The van der Waals surface area contributed by atoms with Crippen LogP contribution in [0.3, 0.4) is 0 Å². The summed E-state index contributed by atoms with van der Waals surface area (Å²) in [7, 11) is 0. The zero-order chi connectivity index (χ0) is 21.4. The summed E-state index contributed by atoms with van der Waals surface area (Å²) in [5.41, 5.74) is 3.63. The highest BCUT2D eigenvalue weighted by Gasteiger charge is 2.34. The molecule has 1 atom stereocenters. The van der Waals surface area contributed by atoms with E-state index in [4.69, 9.17) is 4.98 Å². The van der Waals surface area contributed by atoms with Crippen LogP contribution in [0.2, 0.25) is 0 Å². The van der Waals surface area contributed by atoms with Crippen molar-refractivity contribution < 1.29 is 9.90 Å². The van der Waals surface area contributed by atoms with Crippen molar-refractivity contribution in [1.82, 2.24) is 24.6 Å². The Labute approximate surface area is 181 Å². The van der Waals surface area contributed by atoms with Gasteiger partial charge in [-0.2, -0.15) is 5.10 Å². The van der Waals surface area contributed by atoms with Gasteiger partial charge in [0.15, 0.2) is 0 Å². The summed E-state index contributed by atoms with van der Waals surface area (Å²) in [6, 6.07) is 6.54. The Bertz CT molecular complexity index is 1080. The first kappa shape index (κ1) is 20.1. The number of carbonyl (C=O) groups is 1. The molecule has 3 N–H and O–H groups in total. The van der Waals surface area contributed by atoms with Gasteiger partial charge in [0.2, 0.25) is 5.91 Å². The molecule has 2 aliphatic rings. The molecule has 0 spiro atoms. The fourth-order valence-corrected chi connectivity index (χ4v) is 4.62. The molecule has 5 rings (SSSR count). The van der Waals surface area contributed by atoms with Crippen molar-refractivity contribution in [3.8, 4) is 0 Å². The molecule has 31 heavy (non-hydrogen) atoms. The number of aromatic nitrogens is 4. The minimum absolute atomic E-state index is 0.0931. The number of rotatable bonds is 7. The van der Waals surface area contributed by atoms with E-state index in [0.29, 0.717) is 25.6 Å². The van der Waals surface area contributed by atoms with Crippen molar-refractivity contribution in [1.29, 1.82) is 0 Å². The highest BCUT2D eigenvalue weighted by molar-refractivity contribution is 5.87. The summed E-state index contributed by atoms with van der Waals surface area (Å²) in [6.45, 7) is 3.42. The Hall–Kier alpha value is -2.87. The van der Waals surface area contributed by atoms with Crippen molar-refractivity contribution >= 4 is 22.6 Å². The SMILES string of the molecule is C[C@H]1CCc2c(ccc3c2nc(CCn2cccn2)n3CC(=O)NCC2(O)CCC2)N1. The molecule has 0 unspecified atom stereocenters. The van der Waals surface area contributed by atoms with Crippen molar-refractivity contribution in [2.24, 2.45) is 0 Å². The van der Waals surface area contributed by atoms with E-state index in [0.717, 1.165) is 54.6 Å². The highest BCUT2D eigenvalue weighted by Crippen LogP contribution is 2.33. The first-order chi connectivity index (χ1) is 15.0. The first-order valence-corrected chi connectivity index (χ1v) is 11.2. The van der Waals surface area contributed by atoms with E-state index in [1.807, 2.05) is 21.5 Å². The average Bonchev–Trinajstić information content (AvgIpc) is 3.37. The minimum atomic E-state index is -0.725. The lowest BCUT2D eigenvalue weighted by molar-refractivity contribution is -0.124. The van der Waals surface area contributed by atoms with Gasteiger partial charge in [-0.25, -0.2) is 4.98 Å². The second-order valence-corrected chi connectivity index (χ2v) is 9.03. The second-order valence-electron chi connectivity index (χ2n) is 9.03. The second kappa shape index (κ2) is 8.00. The number of nitrogens with one attached hydrogen (secondary N) is 2. The molecule has 0 saturated heterocycles. The van der Waals surface area contributed by atoms with Gasteiger partial charge in [-0.05, 0) is 57.2 Å².